The molecule has 2 aromatic heterocycles. The van der Waals surface area contributed by atoms with Crippen molar-refractivity contribution >= 4 is 55.1 Å². The van der Waals surface area contributed by atoms with Gasteiger partial charge in [0.1, 0.15) is 24.3 Å². The summed E-state index contributed by atoms with van der Waals surface area (Å²) in [5, 5.41) is 29.1. The van der Waals surface area contributed by atoms with Gasteiger partial charge in [0.2, 0.25) is 23.8 Å². The molecule has 2 aromatic carbocycles. The number of piperidine rings is 4. The second kappa shape index (κ2) is 24.4. The van der Waals surface area contributed by atoms with Crippen molar-refractivity contribution in [3.63, 3.8) is 0 Å². The van der Waals surface area contributed by atoms with Crippen molar-refractivity contribution in [3.05, 3.63) is 127 Å². The molecule has 2 amide bonds. The van der Waals surface area contributed by atoms with Gasteiger partial charge >= 0.3 is 0 Å². The Hall–Kier alpha value is -4.90. The van der Waals surface area contributed by atoms with Crippen molar-refractivity contribution in [3.8, 4) is 0 Å². The molecule has 72 heavy (non-hydrogen) atoms. The highest BCUT2D eigenvalue weighted by Gasteiger charge is 2.42. The Morgan fingerprint density at radius 3 is 1.19 bits per heavy atom. The molecule has 4 aliphatic heterocycles. The van der Waals surface area contributed by atoms with Gasteiger partial charge in [0.05, 0.1) is 11.4 Å². The van der Waals surface area contributed by atoms with Crippen LogP contribution in [0.5, 0.6) is 0 Å². The molecule has 0 unspecified atom stereocenters. The summed E-state index contributed by atoms with van der Waals surface area (Å²) < 4.78 is 4.19. The van der Waals surface area contributed by atoms with Crippen molar-refractivity contribution in [2.45, 2.75) is 118 Å². The van der Waals surface area contributed by atoms with Crippen molar-refractivity contribution in [2.24, 2.45) is 22.1 Å². The van der Waals surface area contributed by atoms with Gasteiger partial charge in [0, 0.05) is 93.5 Å². The van der Waals surface area contributed by atoms with Crippen LogP contribution >= 0.6 is 31.9 Å². The van der Waals surface area contributed by atoms with E-state index in [1.807, 2.05) is 37.5 Å². The van der Waals surface area contributed by atoms with Crippen LogP contribution in [0.1, 0.15) is 133 Å². The van der Waals surface area contributed by atoms with Crippen molar-refractivity contribution in [1.82, 2.24) is 19.6 Å². The first-order valence-electron chi connectivity index (χ1n) is 25.9. The minimum Gasteiger partial charge on any atom is -0.396 e. The molecule has 6 heterocycles. The number of carbonyl (C=O) groups excluding carboxylic acids is 2. The van der Waals surface area contributed by atoms with Gasteiger partial charge in [-0.3, -0.25) is 29.8 Å². The largest absolute Gasteiger partial charge is 0.396 e. The summed E-state index contributed by atoms with van der Waals surface area (Å²) >= 11 is 7.05. The molecule has 0 saturated carbocycles. The van der Waals surface area contributed by atoms with E-state index in [1.54, 1.807) is 38.4 Å². The Morgan fingerprint density at radius 2 is 0.889 bits per heavy atom. The Bertz CT molecular complexity index is 2380. The lowest BCUT2D eigenvalue weighted by Crippen LogP contribution is -2.57. The van der Waals surface area contributed by atoms with E-state index in [2.05, 4.69) is 114 Å². The SMILES string of the molecule is CCO/N=C(\c1ccc(Br)cc1)C1CCN(C2(C)CCN(C(=O)c3c(C)cc[n+](O)c3C)CC2)CC1.CCO/N=C(\c1ccc(Br)cc1)C1CCN(C2(C)CCN(C(=O)c3c(C)cc[n+](O)c3C)CC2)CC1. The van der Waals surface area contributed by atoms with Crippen molar-refractivity contribution in [1.29, 1.82) is 0 Å². The van der Waals surface area contributed by atoms with Crippen LogP contribution in [0.4, 0.5) is 0 Å². The van der Waals surface area contributed by atoms with Gasteiger partial charge in [0.25, 0.3) is 11.8 Å². The minimum atomic E-state index is 0.0143. The molecule has 14 nitrogen and oxygen atoms in total. The zero-order valence-electron chi connectivity index (χ0n) is 43.7. The first kappa shape index (κ1) is 54.9. The fourth-order valence-corrected chi connectivity index (χ4v) is 11.7. The fourth-order valence-electron chi connectivity index (χ4n) is 11.2. The van der Waals surface area contributed by atoms with Crippen molar-refractivity contribution in [2.75, 3.05) is 65.6 Å². The maximum absolute atomic E-state index is 13.3. The number of rotatable bonds is 12. The van der Waals surface area contributed by atoms with Crippen LogP contribution in [0, 0.1) is 39.5 Å². The average molecular weight is 1120 g/mol. The number of aryl methyl sites for hydroxylation is 2. The van der Waals surface area contributed by atoms with E-state index in [0.29, 0.717) is 47.6 Å². The van der Waals surface area contributed by atoms with Gasteiger partial charge < -0.3 is 19.5 Å². The summed E-state index contributed by atoms with van der Waals surface area (Å²) in [6.45, 7) is 24.1. The number of aromatic nitrogens is 2. The number of likely N-dealkylation sites (tertiary alicyclic amines) is 4. The maximum Gasteiger partial charge on any atom is 0.260 e. The molecular weight excluding hydrogens is 1040 g/mol. The topological polar surface area (TPSA) is 138 Å². The van der Waals surface area contributed by atoms with E-state index in [4.69, 9.17) is 9.68 Å². The summed E-state index contributed by atoms with van der Waals surface area (Å²) in [6.07, 6.45) is 11.1. The highest BCUT2D eigenvalue weighted by atomic mass is 79.9. The number of amides is 2. The molecule has 4 fully saturated rings. The van der Waals surface area contributed by atoms with Gasteiger partial charge in [-0.05, 0) is 166 Å². The summed E-state index contributed by atoms with van der Waals surface area (Å²) in [4.78, 5) is 46.7. The molecule has 8 rings (SSSR count). The zero-order valence-corrected chi connectivity index (χ0v) is 46.8. The average Bonchev–Trinajstić information content (AvgIpc) is 3.38. The van der Waals surface area contributed by atoms with E-state index in [-0.39, 0.29) is 22.9 Å². The molecule has 0 radical (unpaired) electrons. The number of pyridine rings is 2. The van der Waals surface area contributed by atoms with Gasteiger partial charge in [-0.25, -0.2) is 0 Å². The first-order chi connectivity index (χ1) is 34.5. The minimum absolute atomic E-state index is 0.0143. The molecule has 4 saturated heterocycles. The first-order valence-corrected chi connectivity index (χ1v) is 27.5. The Kier molecular flexibility index (Phi) is 18.6. The smallest absolute Gasteiger partial charge is 0.260 e. The highest BCUT2D eigenvalue weighted by Crippen LogP contribution is 2.36. The Morgan fingerprint density at radius 1 is 0.569 bits per heavy atom. The lowest BCUT2D eigenvalue weighted by Gasteiger charge is -2.49. The lowest BCUT2D eigenvalue weighted by molar-refractivity contribution is -0.908. The van der Waals surface area contributed by atoms with Crippen LogP contribution in [0.25, 0.3) is 0 Å². The predicted molar refractivity (Wildman–Crippen MR) is 287 cm³/mol. The van der Waals surface area contributed by atoms with Gasteiger partial charge in [-0.15, -0.1) is 0 Å². The lowest BCUT2D eigenvalue weighted by atomic mass is 9.82. The van der Waals surface area contributed by atoms with E-state index < -0.39 is 0 Å². The normalized spacial score (nSPS) is 19.4. The molecule has 0 atom stereocenters. The predicted octanol–water partition coefficient (Wildman–Crippen LogP) is 9.48. The van der Waals surface area contributed by atoms with Crippen molar-refractivity contribution < 1.29 is 39.1 Å². The summed E-state index contributed by atoms with van der Waals surface area (Å²) in [6, 6.07) is 20.2. The van der Waals surface area contributed by atoms with Crippen LogP contribution in [0.15, 0.2) is 92.3 Å². The Labute approximate surface area is 443 Å². The molecule has 0 aliphatic carbocycles. The summed E-state index contributed by atoms with van der Waals surface area (Å²) in [5.74, 6) is 0.766. The van der Waals surface area contributed by atoms with Crippen LogP contribution < -0.4 is 9.46 Å². The number of hydrogen-bond acceptors (Lipinski definition) is 10. The number of benzene rings is 2. The highest BCUT2D eigenvalue weighted by molar-refractivity contribution is 9.10. The molecule has 0 spiro atoms. The summed E-state index contributed by atoms with van der Waals surface area (Å²) in [7, 11) is 0. The van der Waals surface area contributed by atoms with E-state index >= 15 is 0 Å². The maximum atomic E-state index is 13.3. The van der Waals surface area contributed by atoms with E-state index in [0.717, 1.165) is 156 Å². The van der Waals surface area contributed by atoms with Crippen LogP contribution in [0.2, 0.25) is 0 Å². The third-order valence-corrected chi connectivity index (χ3v) is 17.0. The van der Waals surface area contributed by atoms with Gasteiger partial charge in [-0.2, -0.15) is 0 Å². The number of oxime groups is 2. The number of nitrogens with zero attached hydrogens (tertiary/aromatic N) is 8. The van der Waals surface area contributed by atoms with Crippen LogP contribution in [-0.2, 0) is 9.68 Å². The quantitative estimate of drug-likeness (QED) is 0.0620. The second-order valence-corrected chi connectivity index (χ2v) is 22.3. The summed E-state index contributed by atoms with van der Waals surface area (Å²) in [5.41, 5.74) is 8.68. The van der Waals surface area contributed by atoms with Gasteiger partial charge in [-0.1, -0.05) is 66.4 Å². The second-order valence-electron chi connectivity index (χ2n) is 20.5. The molecular formula is C56H76Br2N8O6+2. The standard InChI is InChI=1S/2C28H38BrN4O3/c2*1-5-36-30-26(22-6-8-24(29)9-7-22)23-11-15-32(16-12-23)28(4)13-18-31(19-14-28)27(34)25-20(2)10-17-33(35)21(25)3/h2*6-10,17,23,35H,5,11-16,18-19H2,1-4H3/q2*+1/b2*30-26+. The van der Waals surface area contributed by atoms with E-state index in [9.17, 15) is 20.0 Å². The molecule has 2 N–H and O–H groups in total. The van der Waals surface area contributed by atoms with Crippen LogP contribution in [0.3, 0.4) is 0 Å². The molecule has 4 aromatic rings. The third-order valence-electron chi connectivity index (χ3n) is 16.0. The molecule has 388 valence electrons. The monoisotopic (exact) mass is 1110 g/mol. The van der Waals surface area contributed by atoms with E-state index in [1.165, 1.54) is 0 Å². The molecule has 0 bridgehead atoms. The van der Waals surface area contributed by atoms with Gasteiger partial charge in [0.15, 0.2) is 0 Å². The zero-order chi connectivity index (χ0) is 51.7. The van der Waals surface area contributed by atoms with Crippen LogP contribution in [-0.4, -0.2) is 130 Å². The molecule has 4 aliphatic rings. The molecule has 16 heteroatoms. The fraction of sp³-hybridized carbons (Fsp3) is 0.536. The number of halogens is 2. The Balaban J connectivity index is 0.000000211. The number of hydrogen-bond donors (Lipinski definition) is 2. The number of carbonyl (C=O) groups is 2. The third kappa shape index (κ3) is 12.7.